The maximum Gasteiger partial charge on any atom is 0.337 e. The summed E-state index contributed by atoms with van der Waals surface area (Å²) in [5, 5.41) is 14.0. The number of aromatic carboxylic acids is 1. The van der Waals surface area contributed by atoms with E-state index in [1.165, 1.54) is 12.3 Å². The van der Waals surface area contributed by atoms with Gasteiger partial charge in [-0.15, -0.1) is 0 Å². The van der Waals surface area contributed by atoms with E-state index in [-0.39, 0.29) is 11.3 Å². The van der Waals surface area contributed by atoms with Gasteiger partial charge in [-0.2, -0.15) is 0 Å². The zero-order valence-electron chi connectivity index (χ0n) is 10.9. The number of fused-ring (bicyclic) bond motifs is 1. The maximum atomic E-state index is 10.9. The molecule has 0 unspecified atom stereocenters. The van der Waals surface area contributed by atoms with Gasteiger partial charge in [0, 0.05) is 35.1 Å². The molecule has 3 aromatic rings. The molecule has 4 N–H and O–H groups in total. The van der Waals surface area contributed by atoms with Crippen molar-refractivity contribution in [2.45, 2.75) is 0 Å². The minimum atomic E-state index is -1.06. The van der Waals surface area contributed by atoms with Crippen LogP contribution in [0.2, 0.25) is 0 Å². The van der Waals surface area contributed by atoms with Gasteiger partial charge in [0.1, 0.15) is 0 Å². The van der Waals surface area contributed by atoms with Crippen LogP contribution in [0.25, 0.3) is 10.8 Å². The summed E-state index contributed by atoms with van der Waals surface area (Å²) in [7, 11) is 0. The summed E-state index contributed by atoms with van der Waals surface area (Å²) in [5.74, 6) is -0.638. The Morgan fingerprint density at radius 2 is 2.10 bits per heavy atom. The van der Waals surface area contributed by atoms with Crippen molar-refractivity contribution >= 4 is 33.9 Å². The molecule has 0 bridgehead atoms. The molecule has 2 heterocycles. The first-order valence-corrected chi connectivity index (χ1v) is 6.24. The van der Waals surface area contributed by atoms with Gasteiger partial charge in [-0.3, -0.25) is 4.98 Å². The Hall–Kier alpha value is -3.15. The van der Waals surface area contributed by atoms with E-state index in [9.17, 15) is 4.79 Å². The van der Waals surface area contributed by atoms with E-state index >= 15 is 0 Å². The first-order valence-electron chi connectivity index (χ1n) is 6.24. The molecule has 0 spiro atoms. The number of nitrogens with two attached hydrogens (primary N) is 1. The second-order valence-corrected chi connectivity index (χ2v) is 4.49. The number of carbonyl (C=O) groups is 1. The number of carboxylic acids is 1. The van der Waals surface area contributed by atoms with Crippen LogP contribution < -0.4 is 11.1 Å². The average Bonchev–Trinajstić information content (AvgIpc) is 2.49. The summed E-state index contributed by atoms with van der Waals surface area (Å²) in [6.07, 6.45) is 4.75. The molecule has 0 aliphatic carbocycles. The summed E-state index contributed by atoms with van der Waals surface area (Å²) < 4.78 is 0. The number of carboxylic acid groups (broad SMARTS) is 1. The van der Waals surface area contributed by atoms with Gasteiger partial charge in [0.05, 0.1) is 11.3 Å². The normalized spacial score (nSPS) is 10.5. The highest BCUT2D eigenvalue weighted by Crippen LogP contribution is 2.27. The van der Waals surface area contributed by atoms with E-state index in [0.717, 1.165) is 16.5 Å². The third-order valence-corrected chi connectivity index (χ3v) is 3.10. The van der Waals surface area contributed by atoms with Crippen LogP contribution >= 0.6 is 0 Å². The quantitative estimate of drug-likeness (QED) is 0.681. The maximum absolute atomic E-state index is 10.9. The molecular formula is C15H12N4O2. The third kappa shape index (κ3) is 2.46. The standard InChI is InChI=1S/C15H12N4O2/c16-12-6-10(15(20)21)8-18-14(12)19-13-3-1-2-9-7-17-5-4-11(9)13/h1-8H,16H2,(H,18,19)(H,20,21). The van der Waals surface area contributed by atoms with Crippen molar-refractivity contribution in [2.24, 2.45) is 0 Å². The number of hydrogen-bond acceptors (Lipinski definition) is 5. The first kappa shape index (κ1) is 12.9. The number of anilines is 3. The topological polar surface area (TPSA) is 101 Å². The number of benzene rings is 1. The van der Waals surface area contributed by atoms with Crippen molar-refractivity contribution in [3.05, 3.63) is 54.5 Å². The van der Waals surface area contributed by atoms with E-state index in [4.69, 9.17) is 10.8 Å². The molecule has 0 atom stereocenters. The minimum absolute atomic E-state index is 0.0557. The van der Waals surface area contributed by atoms with Gasteiger partial charge in [-0.05, 0) is 18.2 Å². The lowest BCUT2D eigenvalue weighted by molar-refractivity contribution is 0.0696. The van der Waals surface area contributed by atoms with Crippen LogP contribution in [0.1, 0.15) is 10.4 Å². The number of aromatic nitrogens is 2. The Bertz CT molecular complexity index is 828. The molecule has 6 nitrogen and oxygen atoms in total. The zero-order valence-corrected chi connectivity index (χ0v) is 10.9. The van der Waals surface area contributed by atoms with Crippen molar-refractivity contribution in [2.75, 3.05) is 11.1 Å². The third-order valence-electron chi connectivity index (χ3n) is 3.10. The van der Waals surface area contributed by atoms with E-state index in [2.05, 4.69) is 15.3 Å². The summed E-state index contributed by atoms with van der Waals surface area (Å²) in [6, 6.07) is 9.02. The van der Waals surface area contributed by atoms with Crippen LogP contribution in [0.5, 0.6) is 0 Å². The molecule has 2 aromatic heterocycles. The zero-order chi connectivity index (χ0) is 14.8. The molecule has 1 aromatic carbocycles. The van der Waals surface area contributed by atoms with Gasteiger partial charge in [0.25, 0.3) is 0 Å². The lowest BCUT2D eigenvalue weighted by atomic mass is 10.1. The van der Waals surface area contributed by atoms with Gasteiger partial charge in [0.15, 0.2) is 5.82 Å². The van der Waals surface area contributed by atoms with Crippen LogP contribution in [0.15, 0.2) is 48.9 Å². The summed E-state index contributed by atoms with van der Waals surface area (Å²) in [5.41, 5.74) is 7.02. The number of nitrogen functional groups attached to an aromatic ring is 1. The minimum Gasteiger partial charge on any atom is -0.478 e. The highest BCUT2D eigenvalue weighted by molar-refractivity contribution is 5.96. The van der Waals surface area contributed by atoms with E-state index < -0.39 is 5.97 Å². The van der Waals surface area contributed by atoms with E-state index in [0.29, 0.717) is 5.82 Å². The second kappa shape index (κ2) is 5.09. The number of rotatable bonds is 3. The summed E-state index contributed by atoms with van der Waals surface area (Å²) in [4.78, 5) is 19.0. The van der Waals surface area contributed by atoms with Gasteiger partial charge >= 0.3 is 5.97 Å². The van der Waals surface area contributed by atoms with Gasteiger partial charge in [0.2, 0.25) is 0 Å². The highest BCUT2D eigenvalue weighted by atomic mass is 16.4. The molecule has 21 heavy (non-hydrogen) atoms. The smallest absolute Gasteiger partial charge is 0.337 e. The molecule has 3 rings (SSSR count). The van der Waals surface area contributed by atoms with Crippen molar-refractivity contribution in [1.29, 1.82) is 0 Å². The van der Waals surface area contributed by atoms with Crippen LogP contribution in [-0.2, 0) is 0 Å². The lowest BCUT2D eigenvalue weighted by Crippen LogP contribution is -2.04. The number of hydrogen-bond donors (Lipinski definition) is 3. The predicted octanol–water partition coefficient (Wildman–Crippen LogP) is 2.65. The van der Waals surface area contributed by atoms with Crippen LogP contribution in [-0.4, -0.2) is 21.0 Å². The SMILES string of the molecule is Nc1cc(C(=O)O)cnc1Nc1cccc2cnccc12. The number of pyridine rings is 2. The first-order chi connectivity index (χ1) is 10.1. The monoisotopic (exact) mass is 280 g/mol. The highest BCUT2D eigenvalue weighted by Gasteiger charge is 2.09. The van der Waals surface area contributed by atoms with Gasteiger partial charge in [-0.25, -0.2) is 9.78 Å². The van der Waals surface area contributed by atoms with Crippen molar-refractivity contribution in [3.63, 3.8) is 0 Å². The van der Waals surface area contributed by atoms with E-state index in [1.54, 1.807) is 12.4 Å². The molecular weight excluding hydrogens is 268 g/mol. The van der Waals surface area contributed by atoms with Crippen molar-refractivity contribution in [1.82, 2.24) is 9.97 Å². The lowest BCUT2D eigenvalue weighted by Gasteiger charge is -2.11. The molecule has 6 heteroatoms. The molecule has 0 saturated carbocycles. The molecule has 0 saturated heterocycles. The van der Waals surface area contributed by atoms with Crippen LogP contribution in [0, 0.1) is 0 Å². The summed E-state index contributed by atoms with van der Waals surface area (Å²) in [6.45, 7) is 0. The van der Waals surface area contributed by atoms with Gasteiger partial charge < -0.3 is 16.2 Å². The van der Waals surface area contributed by atoms with Crippen LogP contribution in [0.4, 0.5) is 17.2 Å². The number of nitrogens with zero attached hydrogens (tertiary/aromatic N) is 2. The summed E-state index contributed by atoms with van der Waals surface area (Å²) >= 11 is 0. The fourth-order valence-electron chi connectivity index (χ4n) is 2.06. The molecule has 0 radical (unpaired) electrons. The molecule has 0 amide bonds. The Morgan fingerprint density at radius 1 is 1.24 bits per heavy atom. The van der Waals surface area contributed by atoms with Crippen molar-refractivity contribution in [3.8, 4) is 0 Å². The number of nitrogens with one attached hydrogen (secondary N) is 1. The Morgan fingerprint density at radius 3 is 2.86 bits per heavy atom. The second-order valence-electron chi connectivity index (χ2n) is 4.49. The Balaban J connectivity index is 2.01. The largest absolute Gasteiger partial charge is 0.478 e. The average molecular weight is 280 g/mol. The molecule has 0 fully saturated rings. The van der Waals surface area contributed by atoms with Gasteiger partial charge in [-0.1, -0.05) is 12.1 Å². The Kier molecular flexibility index (Phi) is 3.12. The Labute approximate surface area is 120 Å². The predicted molar refractivity (Wildman–Crippen MR) is 80.6 cm³/mol. The molecule has 104 valence electrons. The van der Waals surface area contributed by atoms with Crippen LogP contribution in [0.3, 0.4) is 0 Å². The molecule has 0 aliphatic rings. The fourth-order valence-corrected chi connectivity index (χ4v) is 2.06. The molecule has 0 aliphatic heterocycles. The van der Waals surface area contributed by atoms with E-state index in [1.807, 2.05) is 24.3 Å². The van der Waals surface area contributed by atoms with Crippen molar-refractivity contribution < 1.29 is 9.90 Å². The fraction of sp³-hybridized carbons (Fsp3) is 0.